The number of rotatable bonds is 2. The van der Waals surface area contributed by atoms with Gasteiger partial charge in [0.2, 0.25) is 0 Å². The fourth-order valence-corrected chi connectivity index (χ4v) is 3.90. The molecule has 2 fully saturated rings. The van der Waals surface area contributed by atoms with Crippen LogP contribution in [0.2, 0.25) is 0 Å². The third kappa shape index (κ3) is 2.37. The summed E-state index contributed by atoms with van der Waals surface area (Å²) in [7, 11) is 0. The lowest BCUT2D eigenvalue weighted by Crippen LogP contribution is -2.48. The molecule has 0 spiro atoms. The Balaban J connectivity index is 1.86. The quantitative estimate of drug-likeness (QED) is 0.829. The lowest BCUT2D eigenvalue weighted by Gasteiger charge is -2.42. The number of hydrogen-bond acceptors (Lipinski definition) is 2. The Morgan fingerprint density at radius 3 is 2.00 bits per heavy atom. The number of hydrogen-bond donors (Lipinski definition) is 0. The minimum absolute atomic E-state index is 0.267. The van der Waals surface area contributed by atoms with Crippen molar-refractivity contribution in [3.05, 3.63) is 71.3 Å². The maximum atomic E-state index is 13.4. The number of ether oxygens (including phenoxy) is 1. The molecule has 4 heteroatoms. The van der Waals surface area contributed by atoms with Crippen molar-refractivity contribution in [3.63, 3.8) is 0 Å². The molecule has 0 amide bonds. The van der Waals surface area contributed by atoms with Crippen molar-refractivity contribution in [3.8, 4) is 0 Å². The Labute approximate surface area is 134 Å². The van der Waals surface area contributed by atoms with Crippen LogP contribution < -0.4 is 0 Å². The van der Waals surface area contributed by atoms with Crippen LogP contribution >= 0.6 is 0 Å². The molecule has 2 aromatic carbocycles. The molecule has 0 aliphatic carbocycles. The molecule has 2 aliphatic rings. The van der Waals surface area contributed by atoms with E-state index in [1.807, 2.05) is 0 Å². The molecule has 120 valence electrons. The van der Waals surface area contributed by atoms with E-state index >= 15 is 0 Å². The zero-order valence-electron chi connectivity index (χ0n) is 12.8. The van der Waals surface area contributed by atoms with Crippen molar-refractivity contribution >= 4 is 0 Å². The standard InChI is InChI=1S/C19H19F2NO/c20-16-8-4-14(5-9-16)19(15-6-10-17(21)11-7-15)22-12-2-1-3-18(22)13-23-19/h4-11,18H,1-3,12-13H2. The summed E-state index contributed by atoms with van der Waals surface area (Å²) >= 11 is 0. The van der Waals surface area contributed by atoms with Crippen molar-refractivity contribution in [2.75, 3.05) is 13.2 Å². The van der Waals surface area contributed by atoms with Crippen LogP contribution in [0.5, 0.6) is 0 Å². The lowest BCUT2D eigenvalue weighted by molar-refractivity contribution is -0.0605. The molecule has 2 nitrogen and oxygen atoms in total. The van der Waals surface area contributed by atoms with Crippen LogP contribution in [0.3, 0.4) is 0 Å². The van der Waals surface area contributed by atoms with E-state index in [9.17, 15) is 8.78 Å². The number of benzene rings is 2. The van der Waals surface area contributed by atoms with Gasteiger partial charge in [-0.15, -0.1) is 0 Å². The predicted molar refractivity (Wildman–Crippen MR) is 83.9 cm³/mol. The van der Waals surface area contributed by atoms with E-state index in [0.717, 1.165) is 30.5 Å². The van der Waals surface area contributed by atoms with Crippen LogP contribution in [-0.2, 0) is 10.5 Å². The molecule has 0 aromatic heterocycles. The van der Waals surface area contributed by atoms with Gasteiger partial charge in [-0.2, -0.15) is 0 Å². The summed E-state index contributed by atoms with van der Waals surface area (Å²) in [6.07, 6.45) is 3.42. The highest BCUT2D eigenvalue weighted by molar-refractivity contribution is 5.37. The van der Waals surface area contributed by atoms with Gasteiger partial charge >= 0.3 is 0 Å². The Kier molecular flexibility index (Phi) is 3.66. The van der Waals surface area contributed by atoms with E-state index in [-0.39, 0.29) is 11.6 Å². The molecular weight excluding hydrogens is 296 g/mol. The van der Waals surface area contributed by atoms with E-state index < -0.39 is 5.72 Å². The van der Waals surface area contributed by atoms with Gasteiger partial charge in [-0.3, -0.25) is 4.90 Å². The summed E-state index contributed by atoms with van der Waals surface area (Å²) in [6.45, 7) is 1.58. The summed E-state index contributed by atoms with van der Waals surface area (Å²) < 4.78 is 33.1. The largest absolute Gasteiger partial charge is 0.350 e. The van der Waals surface area contributed by atoms with Crippen molar-refractivity contribution in [1.82, 2.24) is 4.90 Å². The number of piperidine rings is 1. The Morgan fingerprint density at radius 1 is 0.870 bits per heavy atom. The molecule has 0 bridgehead atoms. The van der Waals surface area contributed by atoms with Gasteiger partial charge in [0.25, 0.3) is 0 Å². The molecule has 4 rings (SSSR count). The second-order valence-electron chi connectivity index (χ2n) is 6.31. The monoisotopic (exact) mass is 315 g/mol. The fraction of sp³-hybridized carbons (Fsp3) is 0.368. The van der Waals surface area contributed by atoms with E-state index in [1.165, 1.54) is 30.7 Å². The summed E-state index contributed by atoms with van der Waals surface area (Å²) in [6, 6.07) is 13.3. The van der Waals surface area contributed by atoms with Gasteiger partial charge in [0, 0.05) is 23.7 Å². The molecule has 23 heavy (non-hydrogen) atoms. The van der Waals surface area contributed by atoms with Gasteiger partial charge in [0.05, 0.1) is 6.61 Å². The van der Waals surface area contributed by atoms with E-state index in [4.69, 9.17) is 4.74 Å². The van der Waals surface area contributed by atoms with Crippen molar-refractivity contribution < 1.29 is 13.5 Å². The molecular formula is C19H19F2NO. The van der Waals surface area contributed by atoms with Crippen LogP contribution in [0.1, 0.15) is 30.4 Å². The average Bonchev–Trinajstić information content (AvgIpc) is 2.97. The third-order valence-corrected chi connectivity index (χ3v) is 4.99. The fourth-order valence-electron chi connectivity index (χ4n) is 3.90. The van der Waals surface area contributed by atoms with Crippen LogP contribution in [0, 0.1) is 11.6 Å². The second kappa shape index (κ2) is 5.69. The van der Waals surface area contributed by atoms with Crippen molar-refractivity contribution in [2.45, 2.75) is 31.0 Å². The number of fused-ring (bicyclic) bond motifs is 1. The minimum Gasteiger partial charge on any atom is -0.350 e. The Bertz CT molecular complexity index is 638. The average molecular weight is 315 g/mol. The maximum Gasteiger partial charge on any atom is 0.174 e. The van der Waals surface area contributed by atoms with Gasteiger partial charge in [0.15, 0.2) is 5.72 Å². The van der Waals surface area contributed by atoms with Crippen LogP contribution in [-0.4, -0.2) is 24.1 Å². The third-order valence-electron chi connectivity index (χ3n) is 4.99. The first-order chi connectivity index (χ1) is 11.2. The first kappa shape index (κ1) is 14.8. The predicted octanol–water partition coefficient (Wildman–Crippen LogP) is 4.05. The van der Waals surface area contributed by atoms with Gasteiger partial charge in [-0.05, 0) is 37.1 Å². The van der Waals surface area contributed by atoms with Crippen LogP contribution in [0.15, 0.2) is 48.5 Å². The zero-order valence-corrected chi connectivity index (χ0v) is 12.8. The van der Waals surface area contributed by atoms with Crippen molar-refractivity contribution in [1.29, 1.82) is 0 Å². The highest BCUT2D eigenvalue weighted by atomic mass is 19.1. The first-order valence-electron chi connectivity index (χ1n) is 8.13. The van der Waals surface area contributed by atoms with Crippen LogP contribution in [0.25, 0.3) is 0 Å². The second-order valence-corrected chi connectivity index (χ2v) is 6.31. The maximum absolute atomic E-state index is 13.4. The lowest BCUT2D eigenvalue weighted by atomic mass is 9.90. The SMILES string of the molecule is Fc1ccc(C2(c3ccc(F)cc3)OCC3CCCCN32)cc1. The highest BCUT2D eigenvalue weighted by Crippen LogP contribution is 2.45. The summed E-state index contributed by atoms with van der Waals surface area (Å²) in [5, 5.41) is 0. The summed E-state index contributed by atoms with van der Waals surface area (Å²) in [4.78, 5) is 2.36. The first-order valence-corrected chi connectivity index (χ1v) is 8.13. The highest BCUT2D eigenvalue weighted by Gasteiger charge is 2.50. The van der Waals surface area contributed by atoms with E-state index in [0.29, 0.717) is 12.6 Å². The van der Waals surface area contributed by atoms with E-state index in [2.05, 4.69) is 4.90 Å². The van der Waals surface area contributed by atoms with Crippen molar-refractivity contribution in [2.24, 2.45) is 0 Å². The molecule has 2 heterocycles. The van der Waals surface area contributed by atoms with Crippen LogP contribution in [0.4, 0.5) is 8.78 Å². The Morgan fingerprint density at radius 2 is 1.43 bits per heavy atom. The number of halogens is 2. The minimum atomic E-state index is -0.744. The summed E-state index contributed by atoms with van der Waals surface area (Å²) in [5.41, 5.74) is 1.05. The molecule has 2 aliphatic heterocycles. The number of nitrogens with zero attached hydrogens (tertiary/aromatic N) is 1. The normalized spacial score (nSPS) is 23.7. The molecule has 0 saturated carbocycles. The van der Waals surface area contributed by atoms with Gasteiger partial charge < -0.3 is 4.74 Å². The van der Waals surface area contributed by atoms with E-state index in [1.54, 1.807) is 24.3 Å². The molecule has 2 saturated heterocycles. The topological polar surface area (TPSA) is 12.5 Å². The Hall–Kier alpha value is -1.78. The molecule has 0 radical (unpaired) electrons. The molecule has 2 aromatic rings. The smallest absolute Gasteiger partial charge is 0.174 e. The summed E-state index contributed by atoms with van der Waals surface area (Å²) in [5.74, 6) is -0.535. The molecule has 0 N–H and O–H groups in total. The van der Waals surface area contributed by atoms with Gasteiger partial charge in [0.1, 0.15) is 11.6 Å². The molecule has 1 atom stereocenters. The molecule has 1 unspecified atom stereocenters. The van der Waals surface area contributed by atoms with Gasteiger partial charge in [-0.1, -0.05) is 30.7 Å². The zero-order chi connectivity index (χ0) is 15.9. The van der Waals surface area contributed by atoms with Gasteiger partial charge in [-0.25, -0.2) is 8.78 Å².